The molecule has 0 aromatic carbocycles. The van der Waals surface area contributed by atoms with Crippen molar-refractivity contribution in [2.45, 2.75) is 38.9 Å². The molecule has 2 rings (SSSR count). The minimum Gasteiger partial charge on any atom is -0.398 e. The molecule has 1 aromatic rings. The Bertz CT molecular complexity index is 396. The Balaban J connectivity index is 2.31. The summed E-state index contributed by atoms with van der Waals surface area (Å²) in [6.45, 7) is 7.93. The van der Waals surface area contributed by atoms with Crippen molar-refractivity contribution >= 4 is 24.3 Å². The second kappa shape index (κ2) is 3.69. The van der Waals surface area contributed by atoms with Crippen LogP contribution in [0.3, 0.4) is 0 Å². The molecule has 2 heterocycles. The molecule has 0 spiro atoms. The molecule has 4 nitrogen and oxygen atoms in total. The first-order valence-corrected chi connectivity index (χ1v) is 5.53. The third kappa shape index (κ3) is 1.83. The third-order valence-electron chi connectivity index (χ3n) is 3.16. The van der Waals surface area contributed by atoms with E-state index in [1.165, 1.54) is 6.20 Å². The predicted molar refractivity (Wildman–Crippen MR) is 62.8 cm³/mol. The van der Waals surface area contributed by atoms with Gasteiger partial charge in [0.2, 0.25) is 0 Å². The monoisotopic (exact) mass is 240 g/mol. The summed E-state index contributed by atoms with van der Waals surface area (Å²) < 4.78 is 11.6. The summed E-state index contributed by atoms with van der Waals surface area (Å²) in [4.78, 5) is 8.11. The average Bonchev–Trinajstić information content (AvgIpc) is 2.36. The van der Waals surface area contributed by atoms with Gasteiger partial charge < -0.3 is 9.31 Å². The minimum atomic E-state index is -0.550. The lowest BCUT2D eigenvalue weighted by atomic mass is 9.85. The molecule has 1 aliphatic rings. The van der Waals surface area contributed by atoms with Crippen molar-refractivity contribution in [3.63, 3.8) is 0 Å². The van der Waals surface area contributed by atoms with Gasteiger partial charge >= 0.3 is 7.12 Å². The van der Waals surface area contributed by atoms with E-state index < -0.39 is 18.3 Å². The van der Waals surface area contributed by atoms with Crippen molar-refractivity contribution in [3.8, 4) is 0 Å². The van der Waals surface area contributed by atoms with Crippen molar-refractivity contribution < 1.29 is 9.31 Å². The van der Waals surface area contributed by atoms with E-state index in [1.54, 1.807) is 6.20 Å². The lowest BCUT2D eigenvalue weighted by molar-refractivity contribution is 0.00578. The van der Waals surface area contributed by atoms with Crippen LogP contribution in [-0.2, 0) is 9.31 Å². The van der Waals surface area contributed by atoms with Crippen molar-refractivity contribution in [3.05, 3.63) is 17.5 Å². The molecule has 1 aliphatic heterocycles. The number of halogens is 1. The van der Waals surface area contributed by atoms with Crippen LogP contribution in [0.5, 0.6) is 0 Å². The third-order valence-corrected chi connectivity index (χ3v) is 3.45. The van der Waals surface area contributed by atoms with Crippen LogP contribution in [0.4, 0.5) is 0 Å². The maximum Gasteiger partial charge on any atom is 0.517 e. The van der Waals surface area contributed by atoms with Crippen LogP contribution in [0.25, 0.3) is 0 Å². The fourth-order valence-corrected chi connectivity index (χ4v) is 1.64. The first-order chi connectivity index (χ1) is 7.33. The number of aromatic nitrogens is 2. The molecule has 0 atom stereocenters. The largest absolute Gasteiger partial charge is 0.517 e. The highest BCUT2D eigenvalue weighted by Crippen LogP contribution is 2.36. The van der Waals surface area contributed by atoms with Crippen LogP contribution < -0.4 is 5.59 Å². The molecule has 16 heavy (non-hydrogen) atoms. The van der Waals surface area contributed by atoms with Gasteiger partial charge in [0, 0.05) is 12.4 Å². The van der Waals surface area contributed by atoms with Crippen LogP contribution >= 0.6 is 11.6 Å². The van der Waals surface area contributed by atoms with Crippen LogP contribution in [-0.4, -0.2) is 28.3 Å². The van der Waals surface area contributed by atoms with Gasteiger partial charge in [-0.15, -0.1) is 0 Å². The summed E-state index contributed by atoms with van der Waals surface area (Å²) in [5, 5.41) is 0.320. The van der Waals surface area contributed by atoms with Crippen LogP contribution in [0, 0.1) is 0 Å². The molecule has 0 aliphatic carbocycles. The molecule has 1 aromatic heterocycles. The van der Waals surface area contributed by atoms with E-state index in [2.05, 4.69) is 9.97 Å². The molecule has 0 bridgehead atoms. The molecule has 1 saturated heterocycles. The Kier molecular flexibility index (Phi) is 2.73. The normalized spacial score (nSPS) is 22.4. The maximum atomic E-state index is 5.96. The molecule has 0 N–H and O–H groups in total. The first-order valence-electron chi connectivity index (χ1n) is 5.15. The van der Waals surface area contributed by atoms with Crippen LogP contribution in [0.1, 0.15) is 27.7 Å². The molecule has 0 saturated carbocycles. The van der Waals surface area contributed by atoms with E-state index in [9.17, 15) is 0 Å². The predicted octanol–water partition coefficient (Wildman–Crippen LogP) is 1.43. The lowest BCUT2D eigenvalue weighted by Gasteiger charge is -2.32. The van der Waals surface area contributed by atoms with Gasteiger partial charge in [0.25, 0.3) is 0 Å². The fourth-order valence-electron chi connectivity index (χ4n) is 1.44. The fraction of sp³-hybridized carbons (Fsp3) is 0.600. The molecule has 86 valence electrons. The Hall–Kier alpha value is -0.645. The van der Waals surface area contributed by atoms with Gasteiger partial charge in [0.15, 0.2) is 0 Å². The Morgan fingerprint density at radius 2 is 1.56 bits per heavy atom. The molecule has 0 unspecified atom stereocenters. The molecule has 6 heteroatoms. The summed E-state index contributed by atoms with van der Waals surface area (Å²) in [6.07, 6.45) is 3.11. The zero-order valence-electron chi connectivity index (χ0n) is 9.82. The molecular formula is C10H14BClN2O2. The van der Waals surface area contributed by atoms with E-state index >= 15 is 0 Å². The molecular weight excluding hydrogens is 226 g/mol. The van der Waals surface area contributed by atoms with Gasteiger partial charge in [0.05, 0.1) is 11.2 Å². The Morgan fingerprint density at radius 1 is 1.06 bits per heavy atom. The van der Waals surface area contributed by atoms with Crippen molar-refractivity contribution in [1.29, 1.82) is 0 Å². The summed E-state index contributed by atoms with van der Waals surface area (Å²) >= 11 is 5.96. The highest BCUT2D eigenvalue weighted by molar-refractivity contribution is 6.64. The summed E-state index contributed by atoms with van der Waals surface area (Å²) in [5.74, 6) is 0. The SMILES string of the molecule is CC1(C)OB(c2nccnc2Cl)OC1(C)C. The molecule has 1 fully saturated rings. The van der Waals surface area contributed by atoms with Crippen LogP contribution in [0.15, 0.2) is 12.4 Å². The Morgan fingerprint density at radius 3 is 2.06 bits per heavy atom. The maximum absolute atomic E-state index is 5.96. The summed E-state index contributed by atoms with van der Waals surface area (Å²) in [6, 6.07) is 0. The Labute approximate surface area is 100 Å². The van der Waals surface area contributed by atoms with Gasteiger partial charge in [-0.2, -0.15) is 0 Å². The molecule has 0 radical (unpaired) electrons. The van der Waals surface area contributed by atoms with Gasteiger partial charge in [-0.05, 0) is 27.7 Å². The zero-order chi connectivity index (χ0) is 12.0. The van der Waals surface area contributed by atoms with Crippen molar-refractivity contribution in [2.75, 3.05) is 0 Å². The summed E-state index contributed by atoms with van der Waals surface area (Å²) in [7, 11) is -0.550. The quantitative estimate of drug-likeness (QED) is 0.697. The highest BCUT2D eigenvalue weighted by Gasteiger charge is 2.53. The van der Waals surface area contributed by atoms with E-state index in [-0.39, 0.29) is 0 Å². The van der Waals surface area contributed by atoms with E-state index in [4.69, 9.17) is 20.9 Å². The number of hydrogen-bond acceptors (Lipinski definition) is 4. The topological polar surface area (TPSA) is 44.2 Å². The second-order valence-electron chi connectivity index (χ2n) is 4.82. The molecule has 0 amide bonds. The van der Waals surface area contributed by atoms with Gasteiger partial charge in [-0.1, -0.05) is 11.6 Å². The smallest absolute Gasteiger partial charge is 0.398 e. The number of nitrogens with zero attached hydrogens (tertiary/aromatic N) is 2. The average molecular weight is 240 g/mol. The van der Waals surface area contributed by atoms with E-state index in [1.807, 2.05) is 27.7 Å². The first kappa shape index (κ1) is 11.8. The van der Waals surface area contributed by atoms with Gasteiger partial charge in [0.1, 0.15) is 10.7 Å². The van der Waals surface area contributed by atoms with Crippen molar-refractivity contribution in [1.82, 2.24) is 9.97 Å². The van der Waals surface area contributed by atoms with Crippen LogP contribution in [0.2, 0.25) is 5.15 Å². The zero-order valence-corrected chi connectivity index (χ0v) is 10.6. The lowest BCUT2D eigenvalue weighted by Crippen LogP contribution is -2.41. The minimum absolute atomic E-state index is 0.320. The van der Waals surface area contributed by atoms with E-state index in [0.717, 1.165) is 0 Å². The highest BCUT2D eigenvalue weighted by atomic mass is 35.5. The summed E-state index contributed by atoms with van der Waals surface area (Å²) in [5.41, 5.74) is -0.250. The standard InChI is InChI=1S/C10H14BClN2O2/c1-9(2)10(3,4)16-11(15-9)7-8(12)14-6-5-13-7/h5-6H,1-4H3. The number of rotatable bonds is 1. The van der Waals surface area contributed by atoms with Gasteiger partial charge in [-0.3, -0.25) is 4.98 Å². The second-order valence-corrected chi connectivity index (χ2v) is 5.18. The number of hydrogen-bond donors (Lipinski definition) is 0. The van der Waals surface area contributed by atoms with Crippen molar-refractivity contribution in [2.24, 2.45) is 0 Å². The van der Waals surface area contributed by atoms with E-state index in [0.29, 0.717) is 10.7 Å². The van der Waals surface area contributed by atoms with Gasteiger partial charge in [-0.25, -0.2) is 4.98 Å².